The van der Waals surface area contributed by atoms with E-state index in [1.807, 2.05) is 43.4 Å². The Morgan fingerprint density at radius 3 is 2.71 bits per heavy atom. The van der Waals surface area contributed by atoms with Crippen LogP contribution in [0.1, 0.15) is 35.9 Å². The van der Waals surface area contributed by atoms with Crippen molar-refractivity contribution in [3.8, 4) is 11.5 Å². The minimum atomic E-state index is -1.29. The monoisotopic (exact) mass is 570 g/mol. The number of methoxy groups -OCH3 is 3. The van der Waals surface area contributed by atoms with Crippen molar-refractivity contribution in [1.29, 1.82) is 0 Å². The van der Waals surface area contributed by atoms with E-state index in [1.54, 1.807) is 24.9 Å². The van der Waals surface area contributed by atoms with Gasteiger partial charge in [0.1, 0.15) is 30.5 Å². The van der Waals surface area contributed by atoms with E-state index < -0.39 is 11.6 Å². The Morgan fingerprint density at radius 2 is 1.95 bits per heavy atom. The minimum Gasteiger partial charge on any atom is -0.497 e. The van der Waals surface area contributed by atoms with Crippen molar-refractivity contribution in [3.63, 3.8) is 0 Å². The summed E-state index contributed by atoms with van der Waals surface area (Å²) in [5, 5.41) is 4.45. The molecule has 1 aliphatic carbocycles. The number of cyclic esters (lactones) is 1. The quantitative estimate of drug-likeness (QED) is 0.418. The SMILES string of the molecule is CC[C@@]1(OC)C(=O)OCc2c1cc1n(c2=O)CC2=C1NC1C=CC(OCc3cc4cc(OC)cc(OC)c4o3)=CC1=C2. The van der Waals surface area contributed by atoms with E-state index in [2.05, 4.69) is 11.4 Å². The van der Waals surface area contributed by atoms with Crippen molar-refractivity contribution in [2.45, 2.75) is 44.7 Å². The van der Waals surface area contributed by atoms with Crippen LogP contribution in [0.25, 0.3) is 16.7 Å². The van der Waals surface area contributed by atoms with E-state index in [1.165, 1.54) is 7.11 Å². The summed E-state index contributed by atoms with van der Waals surface area (Å²) in [4.78, 5) is 26.3. The molecule has 2 aromatic heterocycles. The number of ether oxygens (including phenoxy) is 5. The molecule has 4 aliphatic rings. The Balaban J connectivity index is 1.16. The molecular weight excluding hydrogens is 540 g/mol. The van der Waals surface area contributed by atoms with E-state index in [0.717, 1.165) is 27.9 Å². The number of carbonyl (C=O) groups is 1. The molecule has 42 heavy (non-hydrogen) atoms. The highest BCUT2D eigenvalue weighted by Crippen LogP contribution is 2.40. The van der Waals surface area contributed by atoms with Gasteiger partial charge < -0.3 is 38.0 Å². The number of benzene rings is 1. The molecule has 0 saturated carbocycles. The second-order valence-corrected chi connectivity index (χ2v) is 10.6. The van der Waals surface area contributed by atoms with Crippen LogP contribution in [0.3, 0.4) is 0 Å². The average Bonchev–Trinajstić information content (AvgIpc) is 3.59. The van der Waals surface area contributed by atoms with Crippen LogP contribution in [0.4, 0.5) is 0 Å². The van der Waals surface area contributed by atoms with Crippen LogP contribution >= 0.6 is 0 Å². The number of aromatic nitrogens is 1. The van der Waals surface area contributed by atoms with Gasteiger partial charge in [0.05, 0.1) is 43.8 Å². The van der Waals surface area contributed by atoms with E-state index in [0.29, 0.717) is 52.7 Å². The average molecular weight is 571 g/mol. The Kier molecular flexibility index (Phi) is 6.05. The van der Waals surface area contributed by atoms with Crippen molar-refractivity contribution in [2.24, 2.45) is 0 Å². The molecule has 0 radical (unpaired) electrons. The first-order valence-electron chi connectivity index (χ1n) is 13.8. The van der Waals surface area contributed by atoms with Crippen molar-refractivity contribution in [3.05, 3.63) is 98.4 Å². The number of fused-ring (bicyclic) bond motifs is 5. The van der Waals surface area contributed by atoms with Crippen LogP contribution < -0.4 is 20.3 Å². The summed E-state index contributed by atoms with van der Waals surface area (Å²) < 4.78 is 35.7. The van der Waals surface area contributed by atoms with E-state index in [-0.39, 0.29) is 24.8 Å². The summed E-state index contributed by atoms with van der Waals surface area (Å²) in [5.74, 6) is 2.16. The summed E-state index contributed by atoms with van der Waals surface area (Å²) in [7, 11) is 4.68. The predicted molar refractivity (Wildman–Crippen MR) is 153 cm³/mol. The standard InChI is InChI=1S/C32H30N2O8/c1-5-32(39-4)24-13-26-28-19(14-34(26)30(35)23(24)16-41-31(32)36)8-17-9-20(6-7-25(17)33-28)40-15-22-11-18-10-21(37-2)12-27(38-3)29(18)42-22/h6-13,25,33H,5,14-16H2,1-4H3/t25?,32-/m0/s1. The van der Waals surface area contributed by atoms with Gasteiger partial charge in [-0.1, -0.05) is 13.0 Å². The minimum absolute atomic E-state index is 0.0576. The Hall–Kier alpha value is -4.70. The van der Waals surface area contributed by atoms with Gasteiger partial charge in [-0.25, -0.2) is 4.79 Å². The largest absolute Gasteiger partial charge is 0.497 e. The first-order chi connectivity index (χ1) is 20.4. The van der Waals surface area contributed by atoms with Crippen molar-refractivity contribution in [1.82, 2.24) is 9.88 Å². The van der Waals surface area contributed by atoms with E-state index >= 15 is 0 Å². The van der Waals surface area contributed by atoms with Crippen LogP contribution in [0.2, 0.25) is 0 Å². The first-order valence-corrected chi connectivity index (χ1v) is 13.8. The number of dihydropyridines is 1. The maximum atomic E-state index is 13.6. The highest BCUT2D eigenvalue weighted by Gasteiger charge is 2.47. The van der Waals surface area contributed by atoms with Crippen LogP contribution in [0, 0.1) is 0 Å². The highest BCUT2D eigenvalue weighted by molar-refractivity contribution is 5.86. The lowest BCUT2D eigenvalue weighted by atomic mass is 9.85. The van der Waals surface area contributed by atoms with Gasteiger partial charge in [0, 0.05) is 24.1 Å². The van der Waals surface area contributed by atoms with Crippen LogP contribution in [-0.4, -0.2) is 37.9 Å². The molecule has 0 spiro atoms. The zero-order valence-electron chi connectivity index (χ0n) is 23.7. The maximum absolute atomic E-state index is 13.6. The fourth-order valence-electron chi connectivity index (χ4n) is 6.24. The molecule has 1 unspecified atom stereocenters. The molecule has 10 nitrogen and oxygen atoms in total. The predicted octanol–water partition coefficient (Wildman–Crippen LogP) is 4.21. The van der Waals surface area contributed by atoms with Gasteiger partial charge in [-0.15, -0.1) is 0 Å². The summed E-state index contributed by atoms with van der Waals surface area (Å²) >= 11 is 0. The number of hydrogen-bond acceptors (Lipinski definition) is 9. The second-order valence-electron chi connectivity index (χ2n) is 10.6. The van der Waals surface area contributed by atoms with Crippen molar-refractivity contribution < 1.29 is 32.9 Å². The van der Waals surface area contributed by atoms with Crippen LogP contribution in [0.15, 0.2) is 74.7 Å². The number of allylic oxidation sites excluding steroid dienone is 3. The lowest BCUT2D eigenvalue weighted by Crippen LogP contribution is -2.46. The van der Waals surface area contributed by atoms with Gasteiger partial charge in [0.15, 0.2) is 16.9 Å². The summed E-state index contributed by atoms with van der Waals surface area (Å²) in [5.41, 5.74) is 3.84. The zero-order chi connectivity index (χ0) is 29.2. The van der Waals surface area contributed by atoms with Gasteiger partial charge in [-0.05, 0) is 54.0 Å². The molecule has 0 saturated heterocycles. The molecular formula is C32H30N2O8. The first kappa shape index (κ1) is 26.2. The molecule has 3 aromatic rings. The summed E-state index contributed by atoms with van der Waals surface area (Å²) in [6, 6.07) is 7.40. The molecule has 1 N–H and O–H groups in total. The summed E-state index contributed by atoms with van der Waals surface area (Å²) in [6.45, 7) is 2.45. The summed E-state index contributed by atoms with van der Waals surface area (Å²) in [6.07, 6.45) is 8.39. The number of pyridine rings is 1. The van der Waals surface area contributed by atoms with Gasteiger partial charge in [0.2, 0.25) is 0 Å². The highest BCUT2D eigenvalue weighted by atomic mass is 16.6. The zero-order valence-corrected chi connectivity index (χ0v) is 23.7. The maximum Gasteiger partial charge on any atom is 0.343 e. The van der Waals surface area contributed by atoms with Crippen LogP contribution in [-0.2, 0) is 44.4 Å². The molecule has 0 amide bonds. The lowest BCUT2D eigenvalue weighted by Gasteiger charge is -2.35. The van der Waals surface area contributed by atoms with Gasteiger partial charge >= 0.3 is 5.97 Å². The number of hydrogen-bond donors (Lipinski definition) is 1. The molecule has 5 heterocycles. The van der Waals surface area contributed by atoms with Gasteiger partial charge in [-0.2, -0.15) is 0 Å². The molecule has 0 bridgehead atoms. The van der Waals surface area contributed by atoms with E-state index in [9.17, 15) is 9.59 Å². The molecule has 0 fully saturated rings. The number of esters is 1. The number of furan rings is 1. The fraction of sp³-hybridized carbons (Fsp3) is 0.312. The Morgan fingerprint density at radius 1 is 1.10 bits per heavy atom. The lowest BCUT2D eigenvalue weighted by molar-refractivity contribution is -0.176. The van der Waals surface area contributed by atoms with Gasteiger partial charge in [-0.3, -0.25) is 4.79 Å². The Labute approximate surface area is 241 Å². The van der Waals surface area contributed by atoms with Crippen molar-refractivity contribution >= 4 is 22.6 Å². The molecule has 216 valence electrons. The topological polar surface area (TPSA) is 110 Å². The molecule has 2 atom stereocenters. The normalized spacial score (nSPS) is 21.9. The van der Waals surface area contributed by atoms with E-state index in [4.69, 9.17) is 28.1 Å². The number of nitrogens with one attached hydrogen (secondary N) is 1. The molecule has 3 aliphatic heterocycles. The number of rotatable bonds is 7. The van der Waals surface area contributed by atoms with Gasteiger partial charge in [0.25, 0.3) is 5.56 Å². The number of nitrogens with zero attached hydrogens (tertiary/aromatic N) is 1. The van der Waals surface area contributed by atoms with Crippen molar-refractivity contribution in [2.75, 3.05) is 21.3 Å². The fourth-order valence-corrected chi connectivity index (χ4v) is 6.24. The second kappa shape index (κ2) is 9.70. The smallest absolute Gasteiger partial charge is 0.343 e. The molecule has 7 rings (SSSR count). The third-order valence-electron chi connectivity index (χ3n) is 8.47. The third-order valence-corrected chi connectivity index (χ3v) is 8.47. The number of carbonyl (C=O) groups excluding carboxylic acids is 1. The third kappa shape index (κ3) is 3.82. The van der Waals surface area contributed by atoms with Crippen LogP contribution in [0.5, 0.6) is 11.5 Å². The molecule has 10 heteroatoms. The Bertz CT molecular complexity index is 1830. The molecule has 1 aromatic carbocycles.